The van der Waals surface area contributed by atoms with Crippen LogP contribution in [0.2, 0.25) is 0 Å². The molecule has 4 aromatic rings. The van der Waals surface area contributed by atoms with Crippen LogP contribution in [0.3, 0.4) is 0 Å². The Hall–Kier alpha value is -4.12. The molecular weight excluding hydrogens is 499 g/mol. The molecule has 0 atom stereocenters. The number of hydrogen-bond acceptors (Lipinski definition) is 9. The van der Waals surface area contributed by atoms with Crippen molar-refractivity contribution in [2.45, 2.75) is 26.8 Å². The Morgan fingerprint density at radius 1 is 1.10 bits per heavy atom. The zero-order chi connectivity index (χ0) is 28.3. The first-order valence-corrected chi connectivity index (χ1v) is 12.9. The van der Waals surface area contributed by atoms with E-state index in [9.17, 15) is 0 Å². The van der Waals surface area contributed by atoms with Crippen molar-refractivity contribution in [3.05, 3.63) is 42.3 Å². The Morgan fingerprint density at radius 3 is 2.54 bits per heavy atom. The van der Waals surface area contributed by atoms with Crippen molar-refractivity contribution >= 4 is 34.0 Å². The Bertz CT molecular complexity index is 1450. The normalized spacial score (nSPS) is 11.4. The summed E-state index contributed by atoms with van der Waals surface area (Å²) in [6.45, 7) is 8.02. The number of nitrogens with two attached hydrogens (primary N) is 1. The molecule has 0 unspecified atom stereocenters. The second kappa shape index (κ2) is 11.7. The number of nitrogen functional groups attached to an aromatic ring is 1. The van der Waals surface area contributed by atoms with Crippen molar-refractivity contribution in [1.29, 1.82) is 0 Å². The average molecular weight is 537 g/mol. The van der Waals surface area contributed by atoms with Crippen LogP contribution in [-0.4, -0.2) is 72.4 Å². The van der Waals surface area contributed by atoms with Crippen molar-refractivity contribution in [3.8, 4) is 23.0 Å². The molecule has 2 aromatic carbocycles. The zero-order valence-electron chi connectivity index (χ0n) is 23.6. The molecule has 39 heavy (non-hydrogen) atoms. The summed E-state index contributed by atoms with van der Waals surface area (Å²) in [5, 5.41) is 3.21. The molecule has 0 aliphatic carbocycles. The van der Waals surface area contributed by atoms with Gasteiger partial charge in [-0.05, 0) is 59.1 Å². The quantitative estimate of drug-likeness (QED) is 0.258. The summed E-state index contributed by atoms with van der Waals surface area (Å²) in [7, 11) is 7.65. The first-order valence-electron chi connectivity index (χ1n) is 12.9. The van der Waals surface area contributed by atoms with Gasteiger partial charge in [0.15, 0.2) is 5.82 Å². The second-order valence-corrected chi connectivity index (χ2v) is 9.84. The van der Waals surface area contributed by atoms with E-state index < -0.39 is 5.82 Å². The van der Waals surface area contributed by atoms with Crippen molar-refractivity contribution in [3.63, 3.8) is 0 Å². The molecule has 0 saturated heterocycles. The molecule has 4 rings (SSSR count). The maximum atomic E-state index is 15.2. The van der Waals surface area contributed by atoms with E-state index in [0.29, 0.717) is 52.5 Å². The third-order valence-corrected chi connectivity index (χ3v) is 6.35. The average Bonchev–Trinajstić information content (AvgIpc) is 3.26. The van der Waals surface area contributed by atoms with Crippen LogP contribution < -0.4 is 25.4 Å². The Labute approximate surface area is 228 Å². The summed E-state index contributed by atoms with van der Waals surface area (Å²) in [4.78, 5) is 17.6. The van der Waals surface area contributed by atoms with E-state index in [4.69, 9.17) is 15.2 Å². The van der Waals surface area contributed by atoms with Gasteiger partial charge in [0.05, 0.1) is 42.0 Å². The number of imidazole rings is 1. The molecule has 0 saturated carbocycles. The Kier molecular flexibility index (Phi) is 8.39. The Morgan fingerprint density at radius 2 is 1.87 bits per heavy atom. The van der Waals surface area contributed by atoms with Gasteiger partial charge in [-0.25, -0.2) is 14.4 Å². The van der Waals surface area contributed by atoms with Gasteiger partial charge in [-0.3, -0.25) is 4.57 Å². The Balaban J connectivity index is 1.67. The van der Waals surface area contributed by atoms with Crippen LogP contribution in [0.5, 0.6) is 11.8 Å². The number of rotatable bonds is 11. The fourth-order valence-electron chi connectivity index (χ4n) is 4.36. The minimum absolute atomic E-state index is 0.0247. The third-order valence-electron chi connectivity index (χ3n) is 6.35. The van der Waals surface area contributed by atoms with Gasteiger partial charge in [-0.2, -0.15) is 4.98 Å². The number of aromatic nitrogens is 4. The number of likely N-dealkylation sites (N-methyl/N-ethyl adjacent to an activating group) is 2. The molecule has 3 N–H and O–H groups in total. The number of nitrogens with one attached hydrogen (secondary N) is 1. The highest BCUT2D eigenvalue weighted by Crippen LogP contribution is 2.37. The van der Waals surface area contributed by atoms with E-state index >= 15 is 4.39 Å². The molecular formula is C28H37FN8O2. The molecule has 10 nitrogen and oxygen atoms in total. The number of nitrogens with zero attached hydrogens (tertiary/aromatic N) is 6. The van der Waals surface area contributed by atoms with Crippen LogP contribution in [0.4, 0.5) is 27.4 Å². The van der Waals surface area contributed by atoms with Crippen LogP contribution >= 0.6 is 0 Å². The van der Waals surface area contributed by atoms with Gasteiger partial charge >= 0.3 is 0 Å². The molecule has 0 amide bonds. The van der Waals surface area contributed by atoms with Crippen LogP contribution in [0.1, 0.15) is 26.8 Å². The summed E-state index contributed by atoms with van der Waals surface area (Å²) >= 11 is 0. The van der Waals surface area contributed by atoms with Gasteiger partial charge in [0.1, 0.15) is 11.3 Å². The number of methoxy groups -OCH3 is 1. The fourth-order valence-corrected chi connectivity index (χ4v) is 4.36. The molecule has 208 valence electrons. The number of benzene rings is 2. The minimum Gasteiger partial charge on any atom is -0.494 e. The minimum atomic E-state index is -0.445. The first kappa shape index (κ1) is 27.9. The zero-order valence-corrected chi connectivity index (χ0v) is 23.6. The molecule has 2 aromatic heterocycles. The predicted octanol–water partition coefficient (Wildman–Crippen LogP) is 4.94. The van der Waals surface area contributed by atoms with Crippen LogP contribution in [0.15, 0.2) is 36.5 Å². The third kappa shape index (κ3) is 5.98. The summed E-state index contributed by atoms with van der Waals surface area (Å²) in [5.74, 6) is 0.479. The highest BCUT2D eigenvalue weighted by atomic mass is 19.1. The second-order valence-electron chi connectivity index (χ2n) is 9.84. The lowest BCUT2D eigenvalue weighted by atomic mass is 10.1. The van der Waals surface area contributed by atoms with Crippen LogP contribution in [0.25, 0.3) is 22.3 Å². The lowest BCUT2D eigenvalue weighted by Crippen LogP contribution is -2.29. The summed E-state index contributed by atoms with van der Waals surface area (Å²) < 4.78 is 28.4. The van der Waals surface area contributed by atoms with Gasteiger partial charge in [-0.1, -0.05) is 0 Å². The molecule has 0 aliphatic rings. The molecule has 2 heterocycles. The number of ether oxygens (including phenoxy) is 2. The van der Waals surface area contributed by atoms with Crippen molar-refractivity contribution < 1.29 is 13.9 Å². The van der Waals surface area contributed by atoms with E-state index in [1.807, 2.05) is 58.6 Å². The standard InChI is InChI=1S/C28H37FN8O2/c1-8-39-28-34-26-19(29)13-18(14-24(26)37(28)17(2)3)21-9-10-31-27(32-21)33-22-15-20(30)23(16-25(22)38-7)36(6)12-11-35(4)5/h9-10,13-17H,8,11-12,30H2,1-7H3,(H,31,32,33). The monoisotopic (exact) mass is 536 g/mol. The fraction of sp³-hybridized carbons (Fsp3) is 0.393. The van der Waals surface area contributed by atoms with E-state index in [1.165, 1.54) is 6.07 Å². The number of halogens is 1. The smallest absolute Gasteiger partial charge is 0.297 e. The van der Waals surface area contributed by atoms with Crippen molar-refractivity contribution in [1.82, 2.24) is 24.4 Å². The van der Waals surface area contributed by atoms with Crippen LogP contribution in [-0.2, 0) is 0 Å². The van der Waals surface area contributed by atoms with E-state index in [1.54, 1.807) is 25.4 Å². The summed E-state index contributed by atoms with van der Waals surface area (Å²) in [6, 6.07) is 9.15. The maximum absolute atomic E-state index is 15.2. The van der Waals surface area contributed by atoms with Crippen molar-refractivity contribution in [2.24, 2.45) is 0 Å². The van der Waals surface area contributed by atoms with E-state index in [0.717, 1.165) is 18.8 Å². The number of fused-ring (bicyclic) bond motifs is 1. The molecule has 11 heteroatoms. The number of hydrogen-bond donors (Lipinski definition) is 2. The molecule has 0 bridgehead atoms. The van der Waals surface area contributed by atoms with Gasteiger partial charge in [0.25, 0.3) is 6.01 Å². The molecule has 0 spiro atoms. The molecule has 0 fully saturated rings. The van der Waals surface area contributed by atoms with Gasteiger partial charge in [0.2, 0.25) is 5.95 Å². The van der Waals surface area contributed by atoms with Crippen LogP contribution in [0, 0.1) is 5.82 Å². The largest absolute Gasteiger partial charge is 0.494 e. The van der Waals surface area contributed by atoms with Gasteiger partial charge < -0.3 is 30.3 Å². The predicted molar refractivity (Wildman–Crippen MR) is 155 cm³/mol. The number of anilines is 4. The SMILES string of the molecule is CCOc1nc2c(F)cc(-c3ccnc(Nc4cc(N)c(N(C)CCN(C)C)cc4OC)n3)cc2n1C(C)C. The lowest BCUT2D eigenvalue weighted by molar-refractivity contribution is 0.292. The highest BCUT2D eigenvalue weighted by molar-refractivity contribution is 5.84. The van der Waals surface area contributed by atoms with E-state index in [2.05, 4.69) is 30.1 Å². The highest BCUT2D eigenvalue weighted by Gasteiger charge is 2.20. The maximum Gasteiger partial charge on any atom is 0.297 e. The molecule has 0 radical (unpaired) electrons. The first-order chi connectivity index (χ1) is 18.6. The summed E-state index contributed by atoms with van der Waals surface area (Å²) in [5.41, 5.74) is 10.5. The lowest BCUT2D eigenvalue weighted by Gasteiger charge is -2.24. The molecule has 0 aliphatic heterocycles. The van der Waals surface area contributed by atoms with E-state index in [-0.39, 0.29) is 11.6 Å². The summed E-state index contributed by atoms with van der Waals surface area (Å²) in [6.07, 6.45) is 1.62. The van der Waals surface area contributed by atoms with Gasteiger partial charge in [0, 0.05) is 44.0 Å². The topological polar surface area (TPSA) is 107 Å². The van der Waals surface area contributed by atoms with Crippen molar-refractivity contribution in [2.75, 3.05) is 63.9 Å². The van der Waals surface area contributed by atoms with Gasteiger partial charge in [-0.15, -0.1) is 0 Å².